The molecule has 0 spiro atoms. The Morgan fingerprint density at radius 1 is 1.23 bits per heavy atom. The second kappa shape index (κ2) is 8.76. The molecule has 2 heterocycles. The van der Waals surface area contributed by atoms with Gasteiger partial charge in [0.2, 0.25) is 5.95 Å². The minimum atomic E-state index is -0.958. The number of carbonyl (C=O) groups excluding carboxylic acids is 2. The molecule has 0 aliphatic heterocycles. The molecule has 1 atom stereocenters. The summed E-state index contributed by atoms with van der Waals surface area (Å²) in [6, 6.07) is 7.00. The van der Waals surface area contributed by atoms with Gasteiger partial charge in [-0.3, -0.25) is 9.59 Å². The van der Waals surface area contributed by atoms with Gasteiger partial charge in [-0.25, -0.2) is 4.98 Å². The fourth-order valence-electron chi connectivity index (χ4n) is 3.10. The van der Waals surface area contributed by atoms with Crippen molar-refractivity contribution < 1.29 is 19.1 Å². The van der Waals surface area contributed by atoms with Crippen LogP contribution >= 0.6 is 0 Å². The zero-order valence-corrected chi connectivity index (χ0v) is 17.3. The molecule has 1 amide bonds. The van der Waals surface area contributed by atoms with Crippen LogP contribution in [0, 0.1) is 13.8 Å². The van der Waals surface area contributed by atoms with Crippen LogP contribution in [0.5, 0.6) is 5.75 Å². The van der Waals surface area contributed by atoms with E-state index in [1.165, 1.54) is 14.0 Å². The van der Waals surface area contributed by atoms with E-state index in [2.05, 4.69) is 20.4 Å². The van der Waals surface area contributed by atoms with Crippen LogP contribution < -0.4 is 15.8 Å². The van der Waals surface area contributed by atoms with E-state index in [-0.39, 0.29) is 12.4 Å². The maximum Gasteiger partial charge on any atom is 0.306 e. The van der Waals surface area contributed by atoms with Crippen LogP contribution in [0.1, 0.15) is 30.3 Å². The van der Waals surface area contributed by atoms with E-state index in [0.717, 1.165) is 17.0 Å². The highest BCUT2D eigenvalue weighted by Crippen LogP contribution is 2.23. The fourth-order valence-corrected chi connectivity index (χ4v) is 3.10. The number of nitrogens with one attached hydrogen (secondary N) is 1. The highest BCUT2D eigenvalue weighted by molar-refractivity contribution is 5.96. The van der Waals surface area contributed by atoms with Crippen molar-refractivity contribution in [2.24, 2.45) is 0 Å². The van der Waals surface area contributed by atoms with E-state index in [4.69, 9.17) is 15.2 Å². The Morgan fingerprint density at radius 3 is 2.70 bits per heavy atom. The Labute approximate surface area is 173 Å². The van der Waals surface area contributed by atoms with Crippen molar-refractivity contribution in [2.75, 3.05) is 18.2 Å². The molecule has 10 heteroatoms. The first kappa shape index (κ1) is 21.0. The summed E-state index contributed by atoms with van der Waals surface area (Å²) in [5, 5.41) is 6.81. The van der Waals surface area contributed by atoms with Crippen molar-refractivity contribution in [2.45, 2.75) is 39.7 Å². The summed E-state index contributed by atoms with van der Waals surface area (Å²) in [5.41, 5.74) is 8.54. The highest BCUT2D eigenvalue weighted by atomic mass is 16.5. The lowest BCUT2D eigenvalue weighted by Gasteiger charge is -2.15. The maximum absolute atomic E-state index is 12.4. The Balaban J connectivity index is 1.60. The monoisotopic (exact) mass is 412 g/mol. The Hall–Kier alpha value is -3.69. The summed E-state index contributed by atoms with van der Waals surface area (Å²) in [5.74, 6) is 0.134. The number of amides is 1. The minimum Gasteiger partial charge on any atom is -0.495 e. The van der Waals surface area contributed by atoms with Crippen molar-refractivity contribution in [1.82, 2.24) is 19.6 Å². The number of methoxy groups -OCH3 is 1. The number of anilines is 2. The maximum atomic E-state index is 12.4. The SMILES string of the molecule is COc1ccccc1NC(=O)[C@H](C)OC(=O)CCc1c(C)nc2nc(N)nn2c1C. The van der Waals surface area contributed by atoms with Crippen LogP contribution in [0.4, 0.5) is 11.6 Å². The number of nitrogens with two attached hydrogens (primary N) is 1. The molecule has 0 fully saturated rings. The molecule has 0 aliphatic carbocycles. The topological polar surface area (TPSA) is 134 Å². The quantitative estimate of drug-likeness (QED) is 0.562. The van der Waals surface area contributed by atoms with Crippen LogP contribution in [0.2, 0.25) is 0 Å². The molecule has 0 bridgehead atoms. The predicted molar refractivity (Wildman–Crippen MR) is 110 cm³/mol. The summed E-state index contributed by atoms with van der Waals surface area (Å²) < 4.78 is 12.0. The van der Waals surface area contributed by atoms with E-state index in [1.807, 2.05) is 13.8 Å². The third-order valence-corrected chi connectivity index (χ3v) is 4.69. The molecule has 10 nitrogen and oxygen atoms in total. The molecule has 0 radical (unpaired) electrons. The number of aromatic nitrogens is 4. The van der Waals surface area contributed by atoms with Gasteiger partial charge in [-0.2, -0.15) is 9.50 Å². The average Bonchev–Trinajstić information content (AvgIpc) is 3.08. The van der Waals surface area contributed by atoms with Crippen molar-refractivity contribution in [3.63, 3.8) is 0 Å². The van der Waals surface area contributed by atoms with Gasteiger partial charge in [0.15, 0.2) is 6.10 Å². The molecule has 30 heavy (non-hydrogen) atoms. The van der Waals surface area contributed by atoms with Gasteiger partial charge >= 0.3 is 5.97 Å². The number of fused-ring (bicyclic) bond motifs is 1. The van der Waals surface area contributed by atoms with Crippen molar-refractivity contribution >= 4 is 29.3 Å². The number of aryl methyl sites for hydroxylation is 2. The number of rotatable bonds is 7. The van der Waals surface area contributed by atoms with Crippen molar-refractivity contribution in [3.05, 3.63) is 41.2 Å². The third-order valence-electron chi connectivity index (χ3n) is 4.69. The second-order valence-electron chi connectivity index (χ2n) is 6.76. The predicted octanol–water partition coefficient (Wildman–Crippen LogP) is 1.83. The lowest BCUT2D eigenvalue weighted by molar-refractivity contribution is -0.153. The lowest BCUT2D eigenvalue weighted by Crippen LogP contribution is -2.30. The Kier molecular flexibility index (Phi) is 6.14. The van der Waals surface area contributed by atoms with E-state index >= 15 is 0 Å². The number of benzene rings is 1. The van der Waals surface area contributed by atoms with Gasteiger partial charge in [0.25, 0.3) is 11.7 Å². The van der Waals surface area contributed by atoms with E-state index < -0.39 is 18.0 Å². The standard InChI is InChI=1S/C20H24N6O4/c1-11-14(12(2)26-20(22-11)24-19(21)25-26)9-10-17(27)30-13(3)18(28)23-15-7-5-6-8-16(15)29-4/h5-8,13H,9-10H2,1-4H3,(H2,21,25)(H,23,28)/t13-/m0/s1. The lowest BCUT2D eigenvalue weighted by atomic mass is 10.1. The number of para-hydroxylation sites is 2. The van der Waals surface area contributed by atoms with E-state index in [9.17, 15) is 9.59 Å². The smallest absolute Gasteiger partial charge is 0.306 e. The molecule has 3 rings (SSSR count). The van der Waals surface area contributed by atoms with Crippen LogP contribution in [0.15, 0.2) is 24.3 Å². The molecule has 3 aromatic rings. The van der Waals surface area contributed by atoms with Crippen LogP contribution in [0.25, 0.3) is 5.78 Å². The summed E-state index contributed by atoms with van der Waals surface area (Å²) in [6.07, 6.45) is -0.480. The Bertz CT molecular complexity index is 1090. The van der Waals surface area contributed by atoms with Gasteiger partial charge in [-0.1, -0.05) is 12.1 Å². The molecular formula is C20H24N6O4. The van der Waals surface area contributed by atoms with Gasteiger partial charge in [0.1, 0.15) is 5.75 Å². The first-order valence-electron chi connectivity index (χ1n) is 9.41. The summed E-state index contributed by atoms with van der Waals surface area (Å²) in [7, 11) is 1.51. The molecule has 0 saturated heterocycles. The molecule has 0 unspecified atom stereocenters. The molecule has 2 aromatic heterocycles. The largest absolute Gasteiger partial charge is 0.495 e. The average molecular weight is 412 g/mol. The van der Waals surface area contributed by atoms with Crippen LogP contribution in [-0.4, -0.2) is 44.7 Å². The number of carbonyl (C=O) groups is 2. The van der Waals surface area contributed by atoms with Gasteiger partial charge in [0, 0.05) is 17.8 Å². The number of ether oxygens (including phenoxy) is 2. The molecule has 0 saturated carbocycles. The normalized spacial score (nSPS) is 11.9. The molecule has 3 N–H and O–H groups in total. The third kappa shape index (κ3) is 4.48. The molecule has 0 aliphatic rings. The fraction of sp³-hybridized carbons (Fsp3) is 0.350. The zero-order valence-electron chi connectivity index (χ0n) is 17.3. The highest BCUT2D eigenvalue weighted by Gasteiger charge is 2.20. The first-order chi connectivity index (χ1) is 14.3. The number of nitrogen functional groups attached to an aromatic ring is 1. The van der Waals surface area contributed by atoms with Gasteiger partial charge in [0.05, 0.1) is 12.8 Å². The van der Waals surface area contributed by atoms with Gasteiger partial charge in [-0.15, -0.1) is 5.10 Å². The zero-order chi connectivity index (χ0) is 21.8. The summed E-state index contributed by atoms with van der Waals surface area (Å²) >= 11 is 0. The number of hydrogen-bond donors (Lipinski definition) is 2. The van der Waals surface area contributed by atoms with Crippen LogP contribution in [0.3, 0.4) is 0 Å². The summed E-state index contributed by atoms with van der Waals surface area (Å²) in [6.45, 7) is 5.21. The summed E-state index contributed by atoms with van der Waals surface area (Å²) in [4.78, 5) is 33.1. The van der Waals surface area contributed by atoms with Crippen molar-refractivity contribution in [1.29, 1.82) is 0 Å². The van der Waals surface area contributed by atoms with E-state index in [0.29, 0.717) is 23.6 Å². The number of hydrogen-bond acceptors (Lipinski definition) is 8. The number of nitrogens with zero attached hydrogens (tertiary/aromatic N) is 4. The van der Waals surface area contributed by atoms with Gasteiger partial charge < -0.3 is 20.5 Å². The Morgan fingerprint density at radius 2 is 1.97 bits per heavy atom. The minimum absolute atomic E-state index is 0.0886. The van der Waals surface area contributed by atoms with E-state index in [1.54, 1.807) is 28.8 Å². The number of esters is 1. The molecule has 158 valence electrons. The van der Waals surface area contributed by atoms with Gasteiger partial charge in [-0.05, 0) is 44.9 Å². The molecular weight excluding hydrogens is 388 g/mol. The van der Waals surface area contributed by atoms with Crippen molar-refractivity contribution in [3.8, 4) is 5.75 Å². The first-order valence-corrected chi connectivity index (χ1v) is 9.41. The van der Waals surface area contributed by atoms with Crippen LogP contribution in [-0.2, 0) is 20.7 Å². The molecule has 1 aromatic carbocycles. The second-order valence-corrected chi connectivity index (χ2v) is 6.76.